The SMILES string of the molecule is NC(CCc1ccncc1)c1cc(Cl)ccc1Cl. The quantitative estimate of drug-likeness (QED) is 0.919. The average molecular weight is 281 g/mol. The fourth-order valence-corrected chi connectivity index (χ4v) is 2.26. The third-order valence-electron chi connectivity index (χ3n) is 2.85. The van der Waals surface area contributed by atoms with Crippen molar-refractivity contribution in [3.63, 3.8) is 0 Å². The number of nitrogens with zero attached hydrogens (tertiary/aromatic N) is 1. The maximum atomic E-state index is 6.15. The Morgan fingerprint density at radius 3 is 2.56 bits per heavy atom. The van der Waals surface area contributed by atoms with Crippen molar-refractivity contribution in [3.05, 3.63) is 63.9 Å². The van der Waals surface area contributed by atoms with Crippen molar-refractivity contribution in [1.29, 1.82) is 0 Å². The maximum Gasteiger partial charge on any atom is 0.0454 e. The standard InChI is InChI=1S/C14H14Cl2N2/c15-11-2-3-13(16)12(9-11)14(17)4-1-10-5-7-18-8-6-10/h2-3,5-9,14H,1,4,17H2. The number of halogens is 2. The fourth-order valence-electron chi connectivity index (χ4n) is 1.83. The van der Waals surface area contributed by atoms with Crippen LogP contribution < -0.4 is 5.73 Å². The number of rotatable bonds is 4. The predicted octanol–water partition coefficient (Wildman–Crippen LogP) is 4.02. The lowest BCUT2D eigenvalue weighted by Crippen LogP contribution is -2.12. The Morgan fingerprint density at radius 2 is 1.83 bits per heavy atom. The molecule has 1 atom stereocenters. The van der Waals surface area contributed by atoms with E-state index in [2.05, 4.69) is 4.98 Å². The van der Waals surface area contributed by atoms with Gasteiger partial charge in [-0.3, -0.25) is 4.98 Å². The minimum atomic E-state index is -0.107. The summed E-state index contributed by atoms with van der Waals surface area (Å²) < 4.78 is 0. The molecule has 0 aliphatic carbocycles. The summed E-state index contributed by atoms with van der Waals surface area (Å²) in [6.45, 7) is 0. The van der Waals surface area contributed by atoms with Gasteiger partial charge < -0.3 is 5.73 Å². The number of hydrogen-bond donors (Lipinski definition) is 1. The van der Waals surface area contributed by atoms with E-state index in [-0.39, 0.29) is 6.04 Å². The summed E-state index contributed by atoms with van der Waals surface area (Å²) in [5.41, 5.74) is 8.28. The topological polar surface area (TPSA) is 38.9 Å². The summed E-state index contributed by atoms with van der Waals surface area (Å²) in [5, 5.41) is 1.33. The number of hydrogen-bond acceptors (Lipinski definition) is 2. The van der Waals surface area contributed by atoms with Gasteiger partial charge in [0.15, 0.2) is 0 Å². The van der Waals surface area contributed by atoms with Crippen LogP contribution in [0, 0.1) is 0 Å². The Labute approximate surface area is 117 Å². The van der Waals surface area contributed by atoms with Gasteiger partial charge in [0.25, 0.3) is 0 Å². The first-order chi connectivity index (χ1) is 8.66. The third-order valence-corrected chi connectivity index (χ3v) is 3.43. The van der Waals surface area contributed by atoms with Crippen LogP contribution in [0.2, 0.25) is 10.0 Å². The van der Waals surface area contributed by atoms with E-state index in [1.807, 2.05) is 18.2 Å². The van der Waals surface area contributed by atoms with Gasteiger partial charge in [0, 0.05) is 28.5 Å². The predicted molar refractivity (Wildman–Crippen MR) is 75.9 cm³/mol. The van der Waals surface area contributed by atoms with Crippen LogP contribution in [-0.2, 0) is 6.42 Å². The molecule has 4 heteroatoms. The molecular weight excluding hydrogens is 267 g/mol. The zero-order valence-corrected chi connectivity index (χ0v) is 11.3. The smallest absolute Gasteiger partial charge is 0.0454 e. The Hall–Kier alpha value is -1.09. The number of nitrogens with two attached hydrogens (primary N) is 1. The maximum absolute atomic E-state index is 6.15. The molecule has 0 fully saturated rings. The molecule has 0 saturated carbocycles. The summed E-state index contributed by atoms with van der Waals surface area (Å²) in [5.74, 6) is 0. The molecule has 0 amide bonds. The summed E-state index contributed by atoms with van der Waals surface area (Å²) in [6.07, 6.45) is 5.29. The molecule has 2 aromatic rings. The van der Waals surface area contributed by atoms with Crippen molar-refractivity contribution in [1.82, 2.24) is 4.98 Å². The highest BCUT2D eigenvalue weighted by molar-refractivity contribution is 6.33. The number of aromatic nitrogens is 1. The fraction of sp³-hybridized carbons (Fsp3) is 0.214. The molecule has 94 valence electrons. The van der Waals surface area contributed by atoms with Crippen LogP contribution in [0.25, 0.3) is 0 Å². The first kappa shape index (κ1) is 13.3. The van der Waals surface area contributed by atoms with Crippen LogP contribution >= 0.6 is 23.2 Å². The molecule has 1 aromatic carbocycles. The molecule has 0 radical (unpaired) electrons. The number of benzene rings is 1. The normalized spacial score (nSPS) is 12.4. The molecule has 0 aliphatic heterocycles. The molecule has 2 N–H and O–H groups in total. The molecule has 1 aromatic heterocycles. The number of aryl methyl sites for hydroxylation is 1. The van der Waals surface area contributed by atoms with Crippen LogP contribution in [0.1, 0.15) is 23.6 Å². The van der Waals surface area contributed by atoms with Crippen molar-refractivity contribution in [3.8, 4) is 0 Å². The largest absolute Gasteiger partial charge is 0.324 e. The number of pyridine rings is 1. The van der Waals surface area contributed by atoms with Crippen LogP contribution in [-0.4, -0.2) is 4.98 Å². The minimum absolute atomic E-state index is 0.107. The highest BCUT2D eigenvalue weighted by Gasteiger charge is 2.10. The van der Waals surface area contributed by atoms with E-state index in [0.29, 0.717) is 10.0 Å². The lowest BCUT2D eigenvalue weighted by atomic mass is 10.0. The van der Waals surface area contributed by atoms with Gasteiger partial charge in [0.05, 0.1) is 0 Å². The van der Waals surface area contributed by atoms with E-state index >= 15 is 0 Å². The second-order valence-corrected chi connectivity index (χ2v) is 5.01. The first-order valence-corrected chi connectivity index (χ1v) is 6.52. The summed E-state index contributed by atoms with van der Waals surface area (Å²) >= 11 is 12.1. The zero-order valence-electron chi connectivity index (χ0n) is 9.81. The van der Waals surface area contributed by atoms with E-state index in [9.17, 15) is 0 Å². The van der Waals surface area contributed by atoms with E-state index in [1.54, 1.807) is 24.5 Å². The van der Waals surface area contributed by atoms with Crippen molar-refractivity contribution in [2.75, 3.05) is 0 Å². The Balaban J connectivity index is 2.03. The van der Waals surface area contributed by atoms with Gasteiger partial charge in [0.2, 0.25) is 0 Å². The minimum Gasteiger partial charge on any atom is -0.324 e. The van der Waals surface area contributed by atoms with Crippen molar-refractivity contribution >= 4 is 23.2 Å². The zero-order chi connectivity index (χ0) is 13.0. The molecule has 0 aliphatic rings. The van der Waals surface area contributed by atoms with Crippen LogP contribution in [0.5, 0.6) is 0 Å². The van der Waals surface area contributed by atoms with Crippen LogP contribution in [0.15, 0.2) is 42.7 Å². The molecular formula is C14H14Cl2N2. The van der Waals surface area contributed by atoms with Crippen molar-refractivity contribution in [2.45, 2.75) is 18.9 Å². The second kappa shape index (κ2) is 6.19. The third kappa shape index (κ3) is 3.45. The highest BCUT2D eigenvalue weighted by atomic mass is 35.5. The second-order valence-electron chi connectivity index (χ2n) is 4.17. The molecule has 2 nitrogen and oxygen atoms in total. The van der Waals surface area contributed by atoms with E-state index in [1.165, 1.54) is 5.56 Å². The van der Waals surface area contributed by atoms with Gasteiger partial charge in [-0.05, 0) is 54.3 Å². The van der Waals surface area contributed by atoms with Gasteiger partial charge in [-0.15, -0.1) is 0 Å². The van der Waals surface area contributed by atoms with Crippen molar-refractivity contribution < 1.29 is 0 Å². The molecule has 1 unspecified atom stereocenters. The van der Waals surface area contributed by atoms with E-state index in [4.69, 9.17) is 28.9 Å². The monoisotopic (exact) mass is 280 g/mol. The van der Waals surface area contributed by atoms with Crippen LogP contribution in [0.4, 0.5) is 0 Å². The van der Waals surface area contributed by atoms with Gasteiger partial charge in [-0.25, -0.2) is 0 Å². The van der Waals surface area contributed by atoms with Gasteiger partial charge in [-0.2, -0.15) is 0 Å². The summed E-state index contributed by atoms with van der Waals surface area (Å²) in [4.78, 5) is 3.99. The lowest BCUT2D eigenvalue weighted by Gasteiger charge is -2.14. The van der Waals surface area contributed by atoms with E-state index in [0.717, 1.165) is 18.4 Å². The van der Waals surface area contributed by atoms with Gasteiger partial charge >= 0.3 is 0 Å². The van der Waals surface area contributed by atoms with Crippen LogP contribution in [0.3, 0.4) is 0 Å². The molecule has 0 bridgehead atoms. The van der Waals surface area contributed by atoms with Gasteiger partial charge in [0.1, 0.15) is 0 Å². The average Bonchev–Trinajstić information content (AvgIpc) is 2.40. The summed E-state index contributed by atoms with van der Waals surface area (Å²) in [6, 6.07) is 9.26. The van der Waals surface area contributed by atoms with E-state index < -0.39 is 0 Å². The molecule has 0 spiro atoms. The summed E-state index contributed by atoms with van der Waals surface area (Å²) in [7, 11) is 0. The Morgan fingerprint density at radius 1 is 1.11 bits per heavy atom. The van der Waals surface area contributed by atoms with Crippen molar-refractivity contribution in [2.24, 2.45) is 5.73 Å². The van der Waals surface area contributed by atoms with Gasteiger partial charge in [-0.1, -0.05) is 23.2 Å². The lowest BCUT2D eigenvalue weighted by molar-refractivity contribution is 0.651. The Kier molecular flexibility index (Phi) is 4.59. The Bertz CT molecular complexity index is 514. The first-order valence-electron chi connectivity index (χ1n) is 5.76. The highest BCUT2D eigenvalue weighted by Crippen LogP contribution is 2.27. The molecule has 2 rings (SSSR count). The molecule has 0 saturated heterocycles. The molecule has 18 heavy (non-hydrogen) atoms. The molecule has 1 heterocycles.